The van der Waals surface area contributed by atoms with Crippen LogP contribution in [0.25, 0.3) is 0 Å². The maximum absolute atomic E-state index is 10.7. The maximum atomic E-state index is 10.7. The molecule has 0 saturated heterocycles. The number of phenolic OH excluding ortho intramolecular Hbond substituents is 2. The standard InChI is InChI=1S/C29H42N2O2.2C2H4O2.Co/c1-9-20(7)22-11-24(28(32)26(13-22)18(3)4)15-30-17-31-16-25-12-23(21(8)10-2)14-27(19(5)6)29(25)33;2*1-2(3)4;/h11-16,18-21,32-33H,9-10,17H2,1-8H3;2*1H3,(H,3,4);/q;;;+2/p-2. The SMILES string of the molecule is CC(=O)[O-].CC(=O)[O-].CCC(C)c1cc(C=NCN=Cc2cc(C(C)CC)cc(C(C)C)c2O)c(O)c(C(C)C)c1.[Co+2]. The molecule has 0 saturated carbocycles. The quantitative estimate of drug-likeness (QED) is 0.339. The Bertz CT molecular complexity index is 1090. The molecule has 0 bridgehead atoms. The molecule has 8 nitrogen and oxygen atoms in total. The van der Waals surface area contributed by atoms with Gasteiger partial charge in [0.2, 0.25) is 0 Å². The molecule has 0 aliphatic carbocycles. The molecule has 2 aromatic rings. The normalized spacial score (nSPS) is 12.3. The van der Waals surface area contributed by atoms with Gasteiger partial charge >= 0.3 is 16.8 Å². The van der Waals surface area contributed by atoms with Gasteiger partial charge in [-0.05, 0) is 84.7 Å². The molecule has 0 aliphatic heterocycles. The molecule has 0 amide bonds. The van der Waals surface area contributed by atoms with Gasteiger partial charge in [0, 0.05) is 35.5 Å². The van der Waals surface area contributed by atoms with Crippen molar-refractivity contribution in [3.63, 3.8) is 0 Å². The summed E-state index contributed by atoms with van der Waals surface area (Å²) in [7, 11) is 0. The number of nitrogens with zero attached hydrogens (tertiary/aromatic N) is 2. The molecule has 2 aromatic carbocycles. The van der Waals surface area contributed by atoms with E-state index in [9.17, 15) is 10.2 Å². The summed E-state index contributed by atoms with van der Waals surface area (Å²) in [6.45, 7) is 19.3. The zero-order chi connectivity index (χ0) is 31.9. The van der Waals surface area contributed by atoms with E-state index in [0.717, 1.165) is 48.9 Å². The van der Waals surface area contributed by atoms with Gasteiger partial charge < -0.3 is 30.0 Å². The second kappa shape index (κ2) is 20.7. The molecule has 0 heterocycles. The average molecular weight is 628 g/mol. The van der Waals surface area contributed by atoms with Crippen molar-refractivity contribution in [2.24, 2.45) is 9.98 Å². The summed E-state index contributed by atoms with van der Waals surface area (Å²) >= 11 is 0. The number of hydrogen-bond acceptors (Lipinski definition) is 8. The van der Waals surface area contributed by atoms with Crippen LogP contribution in [0.1, 0.15) is 139 Å². The molecule has 2 atom stereocenters. The van der Waals surface area contributed by atoms with Crippen molar-refractivity contribution in [1.82, 2.24) is 0 Å². The van der Waals surface area contributed by atoms with Gasteiger partial charge in [-0.2, -0.15) is 0 Å². The predicted molar refractivity (Wildman–Crippen MR) is 163 cm³/mol. The fraction of sp³-hybridized carbons (Fsp3) is 0.515. The minimum Gasteiger partial charge on any atom is -0.550 e. The second-order valence-corrected chi connectivity index (χ2v) is 10.8. The molecule has 235 valence electrons. The molecule has 0 aliphatic rings. The Morgan fingerprint density at radius 2 is 1.00 bits per heavy atom. The third kappa shape index (κ3) is 14.6. The van der Waals surface area contributed by atoms with E-state index in [1.807, 2.05) is 12.1 Å². The van der Waals surface area contributed by atoms with E-state index in [-0.39, 0.29) is 35.3 Å². The van der Waals surface area contributed by atoms with Crippen LogP contribution in [0.3, 0.4) is 0 Å². The summed E-state index contributed by atoms with van der Waals surface area (Å²) < 4.78 is 0. The third-order valence-electron chi connectivity index (χ3n) is 6.61. The number of carboxylic acid groups (broad SMARTS) is 2. The molecular formula is C33H48CoN2O6. The van der Waals surface area contributed by atoms with Crippen LogP contribution in [0.2, 0.25) is 0 Å². The van der Waals surface area contributed by atoms with E-state index in [2.05, 4.69) is 77.5 Å². The number of benzene rings is 2. The van der Waals surface area contributed by atoms with E-state index in [0.29, 0.717) is 23.3 Å². The van der Waals surface area contributed by atoms with Crippen LogP contribution < -0.4 is 10.2 Å². The number of aromatic hydroxyl groups is 2. The van der Waals surface area contributed by atoms with Crippen LogP contribution >= 0.6 is 0 Å². The second-order valence-electron chi connectivity index (χ2n) is 10.8. The number of aliphatic imine (C=N–C) groups is 2. The summed E-state index contributed by atoms with van der Waals surface area (Å²) in [4.78, 5) is 26.7. The first kappa shape index (κ1) is 41.0. The number of carboxylic acids is 2. The molecule has 2 N–H and O–H groups in total. The van der Waals surface area contributed by atoms with Gasteiger partial charge in [-0.1, -0.05) is 67.5 Å². The van der Waals surface area contributed by atoms with Crippen molar-refractivity contribution < 1.29 is 46.8 Å². The first-order valence-electron chi connectivity index (χ1n) is 14.1. The Labute approximate surface area is 262 Å². The molecule has 0 aromatic heterocycles. The minimum atomic E-state index is -1.08. The number of phenols is 2. The molecule has 9 heteroatoms. The van der Waals surface area contributed by atoms with Crippen LogP contribution in [0.15, 0.2) is 34.3 Å². The molecule has 0 spiro atoms. The summed E-state index contributed by atoms with van der Waals surface area (Å²) in [6, 6.07) is 8.28. The monoisotopic (exact) mass is 627 g/mol. The van der Waals surface area contributed by atoms with Gasteiger partial charge in [-0.15, -0.1) is 0 Å². The number of rotatable bonds is 10. The Kier molecular flexibility index (Phi) is 20.2. The predicted octanol–water partition coefficient (Wildman–Crippen LogP) is 5.38. The zero-order valence-corrected chi connectivity index (χ0v) is 27.7. The Hall–Kier alpha value is -3.17. The van der Waals surface area contributed by atoms with E-state index in [4.69, 9.17) is 19.8 Å². The third-order valence-corrected chi connectivity index (χ3v) is 6.61. The van der Waals surface area contributed by atoms with Crippen LogP contribution in [0, 0.1) is 0 Å². The number of hydrogen-bond donors (Lipinski definition) is 2. The minimum absolute atomic E-state index is 0. The number of carbonyl (C=O) groups excluding carboxylic acids is 2. The Morgan fingerprint density at radius 1 is 0.714 bits per heavy atom. The summed E-state index contributed by atoms with van der Waals surface area (Å²) in [6.07, 6.45) is 5.50. The summed E-state index contributed by atoms with van der Waals surface area (Å²) in [5.74, 6) is -0.269. The fourth-order valence-corrected chi connectivity index (χ4v) is 3.85. The van der Waals surface area contributed by atoms with Crippen molar-refractivity contribution in [2.45, 2.75) is 106 Å². The number of carbonyl (C=O) groups is 2. The smallest absolute Gasteiger partial charge is 0.550 e. The first-order valence-corrected chi connectivity index (χ1v) is 14.1. The van der Waals surface area contributed by atoms with Gasteiger partial charge in [0.1, 0.15) is 18.2 Å². The van der Waals surface area contributed by atoms with Gasteiger partial charge in [0.15, 0.2) is 0 Å². The topological polar surface area (TPSA) is 145 Å². The van der Waals surface area contributed by atoms with Crippen molar-refractivity contribution in [3.8, 4) is 11.5 Å². The largest absolute Gasteiger partial charge is 2.00 e. The van der Waals surface area contributed by atoms with Crippen molar-refractivity contribution in [3.05, 3.63) is 57.6 Å². The van der Waals surface area contributed by atoms with Crippen molar-refractivity contribution in [2.75, 3.05) is 6.67 Å². The average Bonchev–Trinajstić information content (AvgIpc) is 2.88. The van der Waals surface area contributed by atoms with E-state index >= 15 is 0 Å². The molecule has 2 rings (SSSR count). The van der Waals surface area contributed by atoms with Crippen molar-refractivity contribution in [1.29, 1.82) is 0 Å². The zero-order valence-electron chi connectivity index (χ0n) is 26.7. The van der Waals surface area contributed by atoms with Gasteiger partial charge in [0.05, 0.1) is 0 Å². The van der Waals surface area contributed by atoms with Crippen LogP contribution in [-0.2, 0) is 26.4 Å². The number of aliphatic carboxylic acids is 2. The summed E-state index contributed by atoms with van der Waals surface area (Å²) in [5.41, 5.74) is 5.80. The first-order chi connectivity index (χ1) is 19.1. The Morgan fingerprint density at radius 3 is 1.24 bits per heavy atom. The molecule has 1 radical (unpaired) electrons. The maximum Gasteiger partial charge on any atom is 2.00 e. The molecular weight excluding hydrogens is 579 g/mol. The van der Waals surface area contributed by atoms with Crippen LogP contribution in [-0.4, -0.2) is 41.2 Å². The molecule has 2 unspecified atom stereocenters. The van der Waals surface area contributed by atoms with Crippen LogP contribution in [0.5, 0.6) is 11.5 Å². The summed E-state index contributed by atoms with van der Waals surface area (Å²) in [5, 5.41) is 39.2. The fourth-order valence-electron chi connectivity index (χ4n) is 3.85. The molecule has 0 fully saturated rings. The van der Waals surface area contributed by atoms with Crippen molar-refractivity contribution >= 4 is 24.4 Å². The van der Waals surface area contributed by atoms with Gasteiger partial charge in [0.25, 0.3) is 0 Å². The Balaban J connectivity index is 0. The van der Waals surface area contributed by atoms with Gasteiger partial charge in [-0.25, -0.2) is 0 Å². The van der Waals surface area contributed by atoms with Crippen LogP contribution in [0.4, 0.5) is 0 Å². The van der Waals surface area contributed by atoms with E-state index in [1.165, 1.54) is 11.1 Å². The molecule has 42 heavy (non-hydrogen) atoms. The van der Waals surface area contributed by atoms with E-state index < -0.39 is 11.9 Å². The van der Waals surface area contributed by atoms with E-state index in [1.54, 1.807) is 12.4 Å². The van der Waals surface area contributed by atoms with Gasteiger partial charge in [-0.3, -0.25) is 9.98 Å².